The van der Waals surface area contributed by atoms with E-state index in [1.165, 1.54) is 40.5 Å². The van der Waals surface area contributed by atoms with Gasteiger partial charge in [0.2, 0.25) is 0 Å². The fourth-order valence-electron chi connectivity index (χ4n) is 4.32. The van der Waals surface area contributed by atoms with Crippen molar-refractivity contribution >= 4 is 27.7 Å². The number of nitrogens with one attached hydrogen (secondary N) is 1. The molecule has 40 heavy (non-hydrogen) atoms. The number of urea groups is 1. The van der Waals surface area contributed by atoms with E-state index >= 15 is 0 Å². The van der Waals surface area contributed by atoms with Crippen molar-refractivity contribution in [3.63, 3.8) is 0 Å². The molecule has 1 aliphatic rings. The third-order valence-corrected chi connectivity index (χ3v) is 8.23. The van der Waals surface area contributed by atoms with Crippen LogP contribution in [0.4, 0.5) is 19.3 Å². The molecule has 3 aromatic rings. The zero-order valence-corrected chi connectivity index (χ0v) is 22.7. The van der Waals surface area contributed by atoms with Gasteiger partial charge in [0.25, 0.3) is 10.0 Å². The van der Waals surface area contributed by atoms with Crippen molar-refractivity contribution in [2.24, 2.45) is 0 Å². The highest BCUT2D eigenvalue weighted by molar-refractivity contribution is 7.92. The monoisotopic (exact) mass is 573 g/mol. The highest BCUT2D eigenvalue weighted by atomic mass is 32.2. The summed E-state index contributed by atoms with van der Waals surface area (Å²) in [7, 11) is -2.61. The predicted molar refractivity (Wildman–Crippen MR) is 145 cm³/mol. The van der Waals surface area contributed by atoms with Crippen molar-refractivity contribution in [2.75, 3.05) is 31.0 Å². The molecule has 2 N–H and O–H groups in total. The van der Waals surface area contributed by atoms with Gasteiger partial charge in [-0.05, 0) is 60.5 Å². The number of amides is 2. The van der Waals surface area contributed by atoms with E-state index < -0.39 is 39.8 Å². The Morgan fingerprint density at radius 1 is 1.12 bits per heavy atom. The van der Waals surface area contributed by atoms with Crippen molar-refractivity contribution in [1.29, 1.82) is 0 Å². The van der Waals surface area contributed by atoms with Crippen molar-refractivity contribution in [2.45, 2.75) is 30.8 Å². The van der Waals surface area contributed by atoms with Gasteiger partial charge in [0.1, 0.15) is 23.5 Å². The standard InChI is InChI=1S/C28H29F2N3O6S/c1-18-4-3-5-22(14-18)40(37,38)33-17-21(10-12-31-28(36)32(2)13-11-27(34)35)39-26-9-6-19(15-25(26)33)23-16-20(29)7-8-24(23)30/h3-9,14-16,21H,10-13,17H2,1-2H3,(H,31,36)(H,34,35)/t21-/m0/s1. The zero-order valence-electron chi connectivity index (χ0n) is 21.9. The van der Waals surface area contributed by atoms with E-state index in [9.17, 15) is 26.8 Å². The van der Waals surface area contributed by atoms with Crippen LogP contribution in [0.5, 0.6) is 5.75 Å². The summed E-state index contributed by atoms with van der Waals surface area (Å²) in [6.45, 7) is 1.85. The second kappa shape index (κ2) is 11.9. The smallest absolute Gasteiger partial charge is 0.317 e. The van der Waals surface area contributed by atoms with Crippen LogP contribution in [-0.2, 0) is 14.8 Å². The maximum Gasteiger partial charge on any atom is 0.317 e. The van der Waals surface area contributed by atoms with Crippen LogP contribution in [0.2, 0.25) is 0 Å². The lowest BCUT2D eigenvalue weighted by molar-refractivity contribution is -0.137. The fraction of sp³-hybridized carbons (Fsp3) is 0.286. The molecule has 0 bridgehead atoms. The van der Waals surface area contributed by atoms with Gasteiger partial charge in [0.15, 0.2) is 0 Å². The van der Waals surface area contributed by atoms with E-state index in [1.54, 1.807) is 25.1 Å². The Morgan fingerprint density at radius 2 is 1.90 bits per heavy atom. The summed E-state index contributed by atoms with van der Waals surface area (Å²) < 4.78 is 63.3. The number of carboxylic acid groups (broad SMARTS) is 1. The fourth-order valence-corrected chi connectivity index (χ4v) is 5.92. The van der Waals surface area contributed by atoms with Crippen LogP contribution in [-0.4, -0.2) is 63.2 Å². The first-order chi connectivity index (χ1) is 19.0. The van der Waals surface area contributed by atoms with E-state index in [1.807, 2.05) is 0 Å². The first-order valence-corrected chi connectivity index (χ1v) is 14.0. The van der Waals surface area contributed by atoms with E-state index in [2.05, 4.69) is 5.32 Å². The summed E-state index contributed by atoms with van der Waals surface area (Å²) in [5, 5.41) is 11.5. The van der Waals surface area contributed by atoms with Gasteiger partial charge in [-0.1, -0.05) is 18.2 Å². The topological polar surface area (TPSA) is 116 Å². The molecule has 9 nitrogen and oxygen atoms in total. The summed E-state index contributed by atoms with van der Waals surface area (Å²) in [5.74, 6) is -2.08. The number of ether oxygens (including phenoxy) is 1. The zero-order chi connectivity index (χ0) is 29.0. The van der Waals surface area contributed by atoms with Crippen molar-refractivity contribution in [1.82, 2.24) is 10.2 Å². The first-order valence-electron chi connectivity index (χ1n) is 12.5. The van der Waals surface area contributed by atoms with Crippen LogP contribution in [0.3, 0.4) is 0 Å². The number of carbonyl (C=O) groups excluding carboxylic acids is 1. The number of halogens is 2. The van der Waals surface area contributed by atoms with Crippen molar-refractivity contribution < 1.29 is 36.6 Å². The molecule has 0 aromatic heterocycles. The van der Waals surface area contributed by atoms with Crippen LogP contribution < -0.4 is 14.4 Å². The molecule has 1 heterocycles. The largest absolute Gasteiger partial charge is 0.486 e. The molecule has 0 radical (unpaired) electrons. The summed E-state index contributed by atoms with van der Waals surface area (Å²) in [6.07, 6.45) is -0.592. The van der Waals surface area contributed by atoms with Crippen LogP contribution in [0.1, 0.15) is 18.4 Å². The Hall–Kier alpha value is -4.19. The molecular weight excluding hydrogens is 544 g/mol. The number of rotatable bonds is 9. The maximum atomic E-state index is 14.5. The maximum absolute atomic E-state index is 14.5. The molecule has 12 heteroatoms. The molecule has 0 fully saturated rings. The van der Waals surface area contributed by atoms with Crippen molar-refractivity contribution in [3.05, 3.63) is 77.9 Å². The Bertz CT molecular complexity index is 1530. The van der Waals surface area contributed by atoms with E-state index in [0.29, 0.717) is 0 Å². The molecule has 2 amide bonds. The highest BCUT2D eigenvalue weighted by Gasteiger charge is 2.35. The third kappa shape index (κ3) is 6.50. The molecule has 4 rings (SSSR count). The van der Waals surface area contributed by atoms with Crippen LogP contribution in [0.25, 0.3) is 11.1 Å². The number of carbonyl (C=O) groups is 2. The Kier molecular flexibility index (Phi) is 8.58. The van der Waals surface area contributed by atoms with Gasteiger partial charge in [-0.2, -0.15) is 0 Å². The minimum atomic E-state index is -4.08. The van der Waals surface area contributed by atoms with Crippen molar-refractivity contribution in [3.8, 4) is 16.9 Å². The Labute approximate surface area is 231 Å². The Balaban J connectivity index is 1.62. The number of aliphatic carboxylic acids is 1. The van der Waals surface area contributed by atoms with Gasteiger partial charge in [-0.15, -0.1) is 0 Å². The highest BCUT2D eigenvalue weighted by Crippen LogP contribution is 2.41. The average molecular weight is 574 g/mol. The van der Waals surface area contributed by atoms with Gasteiger partial charge < -0.3 is 20.1 Å². The number of aryl methyl sites for hydroxylation is 1. The molecule has 0 saturated carbocycles. The molecule has 3 aromatic carbocycles. The molecule has 0 unspecified atom stereocenters. The van der Waals surface area contributed by atoms with E-state index in [0.717, 1.165) is 23.8 Å². The summed E-state index contributed by atoms with van der Waals surface area (Å²) >= 11 is 0. The molecule has 0 aliphatic carbocycles. The van der Waals surface area contributed by atoms with Crippen LogP contribution >= 0.6 is 0 Å². The molecule has 212 valence electrons. The van der Waals surface area contributed by atoms with Gasteiger partial charge in [-0.3, -0.25) is 9.10 Å². The lowest BCUT2D eigenvalue weighted by Gasteiger charge is -2.36. The van der Waals surface area contributed by atoms with E-state index in [-0.39, 0.29) is 59.9 Å². The average Bonchev–Trinajstić information content (AvgIpc) is 2.92. The molecular formula is C28H29F2N3O6S. The molecule has 0 spiro atoms. The number of sulfonamides is 1. The van der Waals surface area contributed by atoms with Crippen LogP contribution in [0.15, 0.2) is 65.6 Å². The number of benzene rings is 3. The minimum absolute atomic E-state index is 0.0208. The van der Waals surface area contributed by atoms with Gasteiger partial charge in [0, 0.05) is 32.1 Å². The lowest BCUT2D eigenvalue weighted by Crippen LogP contribution is -2.45. The number of nitrogens with zero attached hydrogens (tertiary/aromatic N) is 2. The number of hydrogen-bond acceptors (Lipinski definition) is 5. The van der Waals surface area contributed by atoms with Gasteiger partial charge in [0.05, 0.1) is 23.5 Å². The molecule has 1 aliphatic heterocycles. The summed E-state index contributed by atoms with van der Waals surface area (Å²) in [6, 6.07) is 13.5. The quantitative estimate of drug-likeness (QED) is 0.392. The van der Waals surface area contributed by atoms with Gasteiger partial charge in [-0.25, -0.2) is 22.0 Å². The second-order valence-corrected chi connectivity index (χ2v) is 11.3. The number of anilines is 1. The number of fused-ring (bicyclic) bond motifs is 1. The predicted octanol–water partition coefficient (Wildman–Crippen LogP) is 4.40. The third-order valence-electron chi connectivity index (χ3n) is 6.46. The summed E-state index contributed by atoms with van der Waals surface area (Å²) in [4.78, 5) is 24.3. The number of carboxylic acids is 1. The van der Waals surface area contributed by atoms with E-state index in [4.69, 9.17) is 9.84 Å². The normalized spacial score (nSPS) is 14.7. The number of hydrogen-bond donors (Lipinski definition) is 2. The molecule has 1 atom stereocenters. The minimum Gasteiger partial charge on any atom is -0.486 e. The Morgan fingerprint density at radius 3 is 2.62 bits per heavy atom. The first kappa shape index (κ1) is 28.8. The molecule has 0 saturated heterocycles. The SMILES string of the molecule is Cc1cccc(S(=O)(=O)N2C[C@H](CCNC(=O)N(C)CCC(=O)O)Oc3ccc(-c4cc(F)ccc4F)cc32)c1. The second-order valence-electron chi connectivity index (χ2n) is 9.49. The lowest BCUT2D eigenvalue weighted by atomic mass is 10.0. The van der Waals surface area contributed by atoms with Crippen LogP contribution in [0, 0.1) is 18.6 Å². The van der Waals surface area contributed by atoms with Gasteiger partial charge >= 0.3 is 12.0 Å². The summed E-state index contributed by atoms with van der Waals surface area (Å²) in [5.41, 5.74) is 1.18.